The van der Waals surface area contributed by atoms with Gasteiger partial charge in [0.2, 0.25) is 0 Å². The lowest BCUT2D eigenvalue weighted by Gasteiger charge is -2.07. The number of anilines is 1. The molecule has 2 aromatic rings. The Morgan fingerprint density at radius 3 is 2.68 bits per heavy atom. The van der Waals surface area contributed by atoms with Gasteiger partial charge in [-0.05, 0) is 37.3 Å². The second-order valence-electron chi connectivity index (χ2n) is 4.61. The Kier molecular flexibility index (Phi) is 5.08. The molecule has 0 heterocycles. The quantitative estimate of drug-likeness (QED) is 0.587. The molecule has 3 N–H and O–H groups in total. The topological polar surface area (TPSA) is 73.7 Å². The Hall–Kier alpha value is -2.89. The van der Waals surface area contributed by atoms with Gasteiger partial charge in [-0.3, -0.25) is 4.79 Å². The molecular weight excluding hydrogens is 285 g/mol. The largest absolute Gasteiger partial charge is 0.507 e. The third kappa shape index (κ3) is 4.31. The minimum atomic E-state index is -0.487. The van der Waals surface area contributed by atoms with Crippen molar-refractivity contribution < 1.29 is 14.3 Å². The standard InChI is InChI=1S/C16H16FN3O2/c1-11(14-9-12(17)7-8-15(14)21)19-20-16(22)10-18-13-5-3-2-4-6-13/h2-9,18,21H,10H2,1H3,(H,20,22)/b19-11+. The van der Waals surface area contributed by atoms with Crippen molar-refractivity contribution in [2.45, 2.75) is 6.92 Å². The number of phenolic OH excluding ortho intramolecular Hbond substituents is 1. The zero-order valence-electron chi connectivity index (χ0n) is 12.0. The summed E-state index contributed by atoms with van der Waals surface area (Å²) in [5.74, 6) is -0.933. The highest BCUT2D eigenvalue weighted by Gasteiger charge is 2.07. The minimum absolute atomic E-state index is 0.0515. The molecule has 0 aliphatic heterocycles. The average Bonchev–Trinajstić information content (AvgIpc) is 2.54. The Balaban J connectivity index is 1.93. The molecule has 0 spiro atoms. The number of carbonyl (C=O) groups excluding carboxylic acids is 1. The normalized spacial score (nSPS) is 11.1. The van der Waals surface area contributed by atoms with Crippen LogP contribution in [0.4, 0.5) is 10.1 Å². The van der Waals surface area contributed by atoms with E-state index in [-0.39, 0.29) is 23.8 Å². The highest BCUT2D eigenvalue weighted by molar-refractivity contribution is 6.01. The monoisotopic (exact) mass is 301 g/mol. The lowest BCUT2D eigenvalue weighted by atomic mass is 10.1. The summed E-state index contributed by atoms with van der Waals surface area (Å²) in [4.78, 5) is 11.7. The molecule has 0 fully saturated rings. The molecule has 0 atom stereocenters. The number of para-hydroxylation sites is 1. The smallest absolute Gasteiger partial charge is 0.259 e. The van der Waals surface area contributed by atoms with E-state index < -0.39 is 5.82 Å². The lowest BCUT2D eigenvalue weighted by Crippen LogP contribution is -2.26. The van der Waals surface area contributed by atoms with E-state index in [9.17, 15) is 14.3 Å². The molecule has 0 aliphatic rings. The summed E-state index contributed by atoms with van der Waals surface area (Å²) in [5, 5.41) is 16.4. The van der Waals surface area contributed by atoms with Crippen molar-refractivity contribution in [3.8, 4) is 5.75 Å². The van der Waals surface area contributed by atoms with Crippen LogP contribution in [-0.2, 0) is 4.79 Å². The van der Waals surface area contributed by atoms with E-state index in [1.165, 1.54) is 6.07 Å². The SMILES string of the molecule is C/C(=N\NC(=O)CNc1ccccc1)c1cc(F)ccc1O. The number of carbonyl (C=O) groups is 1. The molecule has 22 heavy (non-hydrogen) atoms. The second kappa shape index (κ2) is 7.21. The predicted octanol–water partition coefficient (Wildman–Crippen LogP) is 2.48. The molecule has 0 saturated heterocycles. The first-order valence-electron chi connectivity index (χ1n) is 6.67. The average molecular weight is 301 g/mol. The zero-order valence-corrected chi connectivity index (χ0v) is 12.0. The van der Waals surface area contributed by atoms with Crippen LogP contribution in [0.3, 0.4) is 0 Å². The molecule has 1 amide bonds. The Morgan fingerprint density at radius 2 is 1.95 bits per heavy atom. The highest BCUT2D eigenvalue weighted by atomic mass is 19.1. The number of benzene rings is 2. The van der Waals surface area contributed by atoms with E-state index in [4.69, 9.17) is 0 Å². The van der Waals surface area contributed by atoms with Crippen molar-refractivity contribution in [2.24, 2.45) is 5.10 Å². The summed E-state index contributed by atoms with van der Waals surface area (Å²) >= 11 is 0. The third-order valence-corrected chi connectivity index (χ3v) is 2.92. The van der Waals surface area contributed by atoms with Gasteiger partial charge in [0.25, 0.3) is 5.91 Å². The number of rotatable bonds is 5. The molecule has 2 aromatic carbocycles. The van der Waals surface area contributed by atoms with E-state index in [1.807, 2.05) is 30.3 Å². The first kappa shape index (κ1) is 15.5. The summed E-state index contributed by atoms with van der Waals surface area (Å²) in [5.41, 5.74) is 3.71. The number of hydrogen-bond donors (Lipinski definition) is 3. The molecule has 5 nitrogen and oxygen atoms in total. The fourth-order valence-corrected chi connectivity index (χ4v) is 1.78. The summed E-state index contributed by atoms with van der Waals surface area (Å²) in [7, 11) is 0. The van der Waals surface area contributed by atoms with Crippen LogP contribution in [0.25, 0.3) is 0 Å². The minimum Gasteiger partial charge on any atom is -0.507 e. The van der Waals surface area contributed by atoms with Crippen LogP contribution < -0.4 is 10.7 Å². The molecule has 2 rings (SSSR count). The van der Waals surface area contributed by atoms with Crippen molar-refractivity contribution in [3.63, 3.8) is 0 Å². The molecule has 0 unspecified atom stereocenters. The molecule has 0 radical (unpaired) electrons. The number of nitrogens with one attached hydrogen (secondary N) is 2. The first-order chi connectivity index (χ1) is 10.6. The van der Waals surface area contributed by atoms with Crippen molar-refractivity contribution >= 4 is 17.3 Å². The number of phenols is 1. The first-order valence-corrected chi connectivity index (χ1v) is 6.67. The van der Waals surface area contributed by atoms with E-state index in [0.29, 0.717) is 5.71 Å². The molecule has 0 saturated carbocycles. The van der Waals surface area contributed by atoms with E-state index in [2.05, 4.69) is 15.8 Å². The van der Waals surface area contributed by atoms with Gasteiger partial charge in [-0.2, -0.15) is 5.10 Å². The highest BCUT2D eigenvalue weighted by Crippen LogP contribution is 2.18. The van der Waals surface area contributed by atoms with Crippen LogP contribution in [0.2, 0.25) is 0 Å². The van der Waals surface area contributed by atoms with E-state index in [0.717, 1.165) is 17.8 Å². The van der Waals surface area contributed by atoms with Gasteiger partial charge in [0, 0.05) is 11.3 Å². The van der Waals surface area contributed by atoms with E-state index in [1.54, 1.807) is 6.92 Å². The fourth-order valence-electron chi connectivity index (χ4n) is 1.78. The Labute approximate surface area is 127 Å². The van der Waals surface area contributed by atoms with Crippen molar-refractivity contribution in [3.05, 3.63) is 59.9 Å². The van der Waals surface area contributed by atoms with Crippen LogP contribution in [0, 0.1) is 5.82 Å². The summed E-state index contributed by atoms with van der Waals surface area (Å²) in [6.07, 6.45) is 0. The fraction of sp³-hybridized carbons (Fsp3) is 0.125. The van der Waals surface area contributed by atoms with Gasteiger partial charge in [0.05, 0.1) is 12.3 Å². The summed E-state index contributed by atoms with van der Waals surface area (Å²) in [6, 6.07) is 12.8. The zero-order chi connectivity index (χ0) is 15.9. The van der Waals surface area contributed by atoms with Gasteiger partial charge in [-0.25, -0.2) is 9.82 Å². The number of halogens is 1. The lowest BCUT2D eigenvalue weighted by molar-refractivity contribution is -0.119. The van der Waals surface area contributed by atoms with Crippen molar-refractivity contribution in [1.29, 1.82) is 0 Å². The van der Waals surface area contributed by atoms with E-state index >= 15 is 0 Å². The number of amides is 1. The molecule has 0 aliphatic carbocycles. The van der Waals surface area contributed by atoms with Crippen molar-refractivity contribution in [2.75, 3.05) is 11.9 Å². The van der Waals surface area contributed by atoms with Gasteiger partial charge in [0.1, 0.15) is 11.6 Å². The maximum atomic E-state index is 13.2. The summed E-state index contributed by atoms with van der Waals surface area (Å²) in [6.45, 7) is 1.62. The molecule has 0 aromatic heterocycles. The van der Waals surface area contributed by atoms with Gasteiger partial charge in [0.15, 0.2) is 0 Å². The van der Waals surface area contributed by atoms with Crippen LogP contribution in [0.1, 0.15) is 12.5 Å². The Bertz CT molecular complexity index is 687. The van der Waals surface area contributed by atoms with Crippen LogP contribution in [0.15, 0.2) is 53.6 Å². The van der Waals surface area contributed by atoms with Crippen LogP contribution >= 0.6 is 0 Å². The molecule has 0 bridgehead atoms. The van der Waals surface area contributed by atoms with Gasteiger partial charge >= 0.3 is 0 Å². The molecular formula is C16H16FN3O2. The number of hydrogen-bond acceptors (Lipinski definition) is 4. The molecule has 6 heteroatoms. The molecule has 114 valence electrons. The maximum absolute atomic E-state index is 13.2. The number of nitrogens with zero attached hydrogens (tertiary/aromatic N) is 1. The van der Waals surface area contributed by atoms with Crippen LogP contribution in [-0.4, -0.2) is 23.3 Å². The van der Waals surface area contributed by atoms with Gasteiger partial charge in [-0.1, -0.05) is 18.2 Å². The predicted molar refractivity (Wildman–Crippen MR) is 83.4 cm³/mol. The van der Waals surface area contributed by atoms with Crippen molar-refractivity contribution in [1.82, 2.24) is 5.43 Å². The maximum Gasteiger partial charge on any atom is 0.259 e. The summed E-state index contributed by atoms with van der Waals surface area (Å²) < 4.78 is 13.2. The Morgan fingerprint density at radius 1 is 1.23 bits per heavy atom. The number of hydrazone groups is 1. The number of aromatic hydroxyl groups is 1. The second-order valence-corrected chi connectivity index (χ2v) is 4.61. The van der Waals surface area contributed by atoms with Crippen LogP contribution in [0.5, 0.6) is 5.75 Å². The van der Waals surface area contributed by atoms with Gasteiger partial charge in [-0.15, -0.1) is 0 Å². The van der Waals surface area contributed by atoms with Gasteiger partial charge < -0.3 is 10.4 Å². The third-order valence-electron chi connectivity index (χ3n) is 2.92.